The molecule has 4 nitrogen and oxygen atoms in total. The van der Waals surface area contributed by atoms with Gasteiger partial charge in [-0.2, -0.15) is 0 Å². The molecule has 0 radical (unpaired) electrons. The second-order valence-electron chi connectivity index (χ2n) is 6.08. The highest BCUT2D eigenvalue weighted by Gasteiger charge is 2.07. The Morgan fingerprint density at radius 1 is 1.07 bits per heavy atom. The maximum Gasteiger partial charge on any atom is 0.262 e. The average Bonchev–Trinajstić information content (AvgIpc) is 2.68. The molecule has 142 valence electrons. The molecule has 0 aliphatic carbocycles. The van der Waals surface area contributed by atoms with Gasteiger partial charge >= 0.3 is 0 Å². The van der Waals surface area contributed by atoms with Gasteiger partial charge in [0, 0.05) is 16.9 Å². The van der Waals surface area contributed by atoms with Gasteiger partial charge in [-0.1, -0.05) is 47.5 Å². The summed E-state index contributed by atoms with van der Waals surface area (Å²) in [5.41, 5.74) is 3.34. The first kappa shape index (κ1) is 19.9. The first-order valence-electron chi connectivity index (χ1n) is 8.59. The van der Waals surface area contributed by atoms with Gasteiger partial charge in [0.1, 0.15) is 5.75 Å². The fourth-order valence-corrected chi connectivity index (χ4v) is 2.85. The van der Waals surface area contributed by atoms with Crippen molar-refractivity contribution >= 4 is 46.7 Å². The van der Waals surface area contributed by atoms with E-state index in [1.807, 2.05) is 43.3 Å². The molecule has 0 atom stereocenters. The third kappa shape index (κ3) is 5.59. The number of hydrogen-bond donors (Lipinski definition) is 1. The summed E-state index contributed by atoms with van der Waals surface area (Å²) in [6.07, 6.45) is 1.70. The summed E-state index contributed by atoms with van der Waals surface area (Å²) in [6, 6.07) is 20.0. The van der Waals surface area contributed by atoms with Crippen molar-refractivity contribution in [1.29, 1.82) is 0 Å². The van der Waals surface area contributed by atoms with Crippen molar-refractivity contribution < 1.29 is 9.53 Å². The van der Waals surface area contributed by atoms with Crippen LogP contribution in [0.1, 0.15) is 11.1 Å². The van der Waals surface area contributed by atoms with Crippen LogP contribution >= 0.6 is 23.2 Å². The van der Waals surface area contributed by atoms with Crippen molar-refractivity contribution in [3.63, 3.8) is 0 Å². The van der Waals surface area contributed by atoms with Gasteiger partial charge in [0.2, 0.25) is 0 Å². The second kappa shape index (κ2) is 9.40. The highest BCUT2D eigenvalue weighted by Crippen LogP contribution is 2.26. The van der Waals surface area contributed by atoms with Crippen molar-refractivity contribution in [3.05, 3.63) is 87.9 Å². The maximum atomic E-state index is 12.0. The van der Waals surface area contributed by atoms with Crippen molar-refractivity contribution in [2.75, 3.05) is 11.9 Å². The van der Waals surface area contributed by atoms with Gasteiger partial charge in [0.05, 0.1) is 10.7 Å². The summed E-state index contributed by atoms with van der Waals surface area (Å²) in [4.78, 5) is 16.4. The Morgan fingerprint density at radius 3 is 2.61 bits per heavy atom. The lowest BCUT2D eigenvalue weighted by Crippen LogP contribution is -2.20. The summed E-state index contributed by atoms with van der Waals surface area (Å²) < 4.78 is 5.52. The number of para-hydroxylation sites is 1. The molecule has 0 fully saturated rings. The van der Waals surface area contributed by atoms with Crippen LogP contribution < -0.4 is 10.1 Å². The monoisotopic (exact) mass is 412 g/mol. The van der Waals surface area contributed by atoms with E-state index in [1.165, 1.54) is 0 Å². The number of rotatable bonds is 6. The number of aliphatic imine (C=N–C) groups is 1. The van der Waals surface area contributed by atoms with Crippen molar-refractivity contribution in [3.8, 4) is 5.75 Å². The van der Waals surface area contributed by atoms with E-state index in [1.54, 1.807) is 36.5 Å². The van der Waals surface area contributed by atoms with Gasteiger partial charge in [-0.3, -0.25) is 9.79 Å². The van der Waals surface area contributed by atoms with E-state index in [0.717, 1.165) is 16.8 Å². The predicted molar refractivity (Wildman–Crippen MR) is 115 cm³/mol. The van der Waals surface area contributed by atoms with E-state index in [9.17, 15) is 4.79 Å². The Morgan fingerprint density at radius 2 is 1.86 bits per heavy atom. The third-order valence-electron chi connectivity index (χ3n) is 3.90. The Bertz CT molecular complexity index is 1000. The Kier molecular flexibility index (Phi) is 6.69. The lowest BCUT2D eigenvalue weighted by molar-refractivity contribution is -0.118. The third-order valence-corrected chi connectivity index (χ3v) is 4.43. The zero-order chi connectivity index (χ0) is 19.9. The van der Waals surface area contributed by atoms with E-state index in [4.69, 9.17) is 27.9 Å². The fraction of sp³-hybridized carbons (Fsp3) is 0.0909. The topological polar surface area (TPSA) is 50.7 Å². The van der Waals surface area contributed by atoms with E-state index in [-0.39, 0.29) is 12.5 Å². The first-order valence-corrected chi connectivity index (χ1v) is 9.34. The minimum atomic E-state index is -0.260. The van der Waals surface area contributed by atoms with Crippen molar-refractivity contribution in [2.24, 2.45) is 4.99 Å². The van der Waals surface area contributed by atoms with E-state index in [0.29, 0.717) is 21.5 Å². The summed E-state index contributed by atoms with van der Waals surface area (Å²) in [5, 5.41) is 3.79. The van der Waals surface area contributed by atoms with Crippen LogP contribution in [-0.2, 0) is 4.79 Å². The first-order chi connectivity index (χ1) is 13.5. The molecule has 0 saturated heterocycles. The van der Waals surface area contributed by atoms with Crippen LogP contribution in [0.2, 0.25) is 10.0 Å². The number of benzene rings is 3. The van der Waals surface area contributed by atoms with Crippen LogP contribution in [-0.4, -0.2) is 18.7 Å². The maximum absolute atomic E-state index is 12.0. The number of aryl methyl sites for hydroxylation is 1. The van der Waals surface area contributed by atoms with Gasteiger partial charge < -0.3 is 10.1 Å². The summed E-state index contributed by atoms with van der Waals surface area (Å²) in [6.45, 7) is 1.83. The van der Waals surface area contributed by atoms with E-state index >= 15 is 0 Å². The largest absolute Gasteiger partial charge is 0.482 e. The molecule has 3 aromatic carbocycles. The van der Waals surface area contributed by atoms with Crippen LogP contribution in [0.25, 0.3) is 0 Å². The van der Waals surface area contributed by atoms with Gasteiger partial charge in [-0.15, -0.1) is 0 Å². The second-order valence-corrected chi connectivity index (χ2v) is 6.93. The normalized spacial score (nSPS) is 10.8. The van der Waals surface area contributed by atoms with Crippen molar-refractivity contribution in [2.45, 2.75) is 6.92 Å². The zero-order valence-corrected chi connectivity index (χ0v) is 16.7. The minimum absolute atomic E-state index is 0.135. The number of nitrogens with zero attached hydrogens (tertiary/aromatic N) is 1. The molecule has 0 aliphatic heterocycles. The van der Waals surface area contributed by atoms with E-state index in [2.05, 4.69) is 10.3 Å². The highest BCUT2D eigenvalue weighted by molar-refractivity contribution is 6.32. The predicted octanol–water partition coefficient (Wildman–Crippen LogP) is 6.07. The molecule has 0 aromatic heterocycles. The number of carbonyl (C=O) groups is 1. The smallest absolute Gasteiger partial charge is 0.262 e. The van der Waals surface area contributed by atoms with Gasteiger partial charge in [0.15, 0.2) is 6.61 Å². The molecular formula is C22H18Cl2N2O2. The van der Waals surface area contributed by atoms with Crippen LogP contribution in [0, 0.1) is 6.92 Å². The summed E-state index contributed by atoms with van der Waals surface area (Å²) in [7, 11) is 0. The lowest BCUT2D eigenvalue weighted by Gasteiger charge is -2.09. The molecule has 0 bridgehead atoms. The highest BCUT2D eigenvalue weighted by atomic mass is 35.5. The molecule has 3 rings (SSSR count). The number of ether oxygens (including phenoxy) is 1. The molecular weight excluding hydrogens is 395 g/mol. The van der Waals surface area contributed by atoms with Gasteiger partial charge in [-0.05, 0) is 60.5 Å². The molecule has 3 aromatic rings. The minimum Gasteiger partial charge on any atom is -0.482 e. The Labute approximate surface area is 173 Å². The Hall–Kier alpha value is -2.82. The summed E-state index contributed by atoms with van der Waals surface area (Å²) >= 11 is 12.3. The van der Waals surface area contributed by atoms with Crippen molar-refractivity contribution in [1.82, 2.24) is 0 Å². The van der Waals surface area contributed by atoms with Crippen LogP contribution in [0.4, 0.5) is 11.4 Å². The quantitative estimate of drug-likeness (QED) is 0.499. The molecule has 0 aliphatic rings. The van der Waals surface area contributed by atoms with Crippen LogP contribution in [0.15, 0.2) is 71.7 Å². The average molecular weight is 413 g/mol. The number of hydrogen-bond acceptors (Lipinski definition) is 3. The van der Waals surface area contributed by atoms with Crippen LogP contribution in [0.3, 0.4) is 0 Å². The van der Waals surface area contributed by atoms with Crippen LogP contribution in [0.5, 0.6) is 5.75 Å². The SMILES string of the molecule is Cc1ccc(Cl)cc1N=Cc1ccc(OCC(=O)Nc2ccccc2)c(Cl)c1. The number of anilines is 1. The van der Waals surface area contributed by atoms with E-state index < -0.39 is 0 Å². The molecule has 1 amide bonds. The molecule has 0 heterocycles. The number of nitrogens with one attached hydrogen (secondary N) is 1. The number of amides is 1. The molecule has 0 unspecified atom stereocenters. The molecule has 0 spiro atoms. The number of halogens is 2. The number of carbonyl (C=O) groups excluding carboxylic acids is 1. The standard InChI is InChI=1S/C22H18Cl2N2O2/c1-15-7-9-17(23)12-20(15)25-13-16-8-10-21(19(24)11-16)28-14-22(27)26-18-5-3-2-4-6-18/h2-13H,14H2,1H3,(H,26,27). The Balaban J connectivity index is 1.61. The fourth-order valence-electron chi connectivity index (χ4n) is 2.44. The lowest BCUT2D eigenvalue weighted by atomic mass is 10.2. The summed E-state index contributed by atoms with van der Waals surface area (Å²) in [5.74, 6) is 0.172. The molecule has 28 heavy (non-hydrogen) atoms. The zero-order valence-electron chi connectivity index (χ0n) is 15.2. The van der Waals surface area contributed by atoms with Gasteiger partial charge in [-0.25, -0.2) is 0 Å². The molecule has 0 saturated carbocycles. The molecule has 6 heteroatoms. The van der Waals surface area contributed by atoms with Gasteiger partial charge in [0.25, 0.3) is 5.91 Å². The molecule has 1 N–H and O–H groups in total.